The molecule has 0 aromatic heterocycles. The van der Waals surface area contributed by atoms with E-state index in [1.807, 2.05) is 0 Å². The highest BCUT2D eigenvalue weighted by Gasteiger charge is 2.20. The average Bonchev–Trinajstić information content (AvgIpc) is 2.39. The Balaban J connectivity index is 2.53. The van der Waals surface area contributed by atoms with Crippen LogP contribution in [0.25, 0.3) is 0 Å². The number of hydrogen-bond donors (Lipinski definition) is 1. The van der Waals surface area contributed by atoms with Crippen LogP contribution in [0, 0.1) is 18.6 Å². The zero-order valence-corrected chi connectivity index (χ0v) is 12.4. The van der Waals surface area contributed by atoms with Gasteiger partial charge in [-0.1, -0.05) is 35.9 Å². The van der Waals surface area contributed by atoms with Crippen molar-refractivity contribution in [2.75, 3.05) is 0 Å². The van der Waals surface area contributed by atoms with Crippen LogP contribution in [-0.2, 0) is 0 Å². The first-order valence-electron chi connectivity index (χ1n) is 5.57. The Bertz CT molecular complexity index is 631. The van der Waals surface area contributed by atoms with Gasteiger partial charge in [0.1, 0.15) is 11.6 Å². The highest BCUT2D eigenvalue weighted by atomic mass is 79.9. The number of hydrogen-bond acceptors (Lipinski definition) is 1. The molecular weight excluding hydrogens is 336 g/mol. The summed E-state index contributed by atoms with van der Waals surface area (Å²) >= 11 is 8.94. The van der Waals surface area contributed by atoms with Crippen molar-refractivity contribution in [3.63, 3.8) is 0 Å². The largest absolute Gasteiger partial charge is 0.320 e. The van der Waals surface area contributed by atoms with Gasteiger partial charge in [-0.2, -0.15) is 0 Å². The van der Waals surface area contributed by atoms with Crippen LogP contribution in [0.4, 0.5) is 8.78 Å². The lowest BCUT2D eigenvalue weighted by molar-refractivity contribution is 0.571. The molecule has 1 nitrogen and oxygen atoms in total. The van der Waals surface area contributed by atoms with Crippen LogP contribution in [0.2, 0.25) is 5.02 Å². The molecule has 0 aliphatic heterocycles. The number of rotatable bonds is 2. The standard InChI is InChI=1S/C14H11BrClF2N/c1-7-3-2-4-8(12(7)17)14(19)9-5-6-10(15)11(16)13(9)18/h2-6,14H,19H2,1H3. The quantitative estimate of drug-likeness (QED) is 0.781. The van der Waals surface area contributed by atoms with E-state index in [1.54, 1.807) is 31.2 Å². The van der Waals surface area contributed by atoms with Crippen molar-refractivity contribution in [3.8, 4) is 0 Å². The summed E-state index contributed by atoms with van der Waals surface area (Å²) in [7, 11) is 0. The van der Waals surface area contributed by atoms with Gasteiger partial charge in [0.2, 0.25) is 0 Å². The van der Waals surface area contributed by atoms with E-state index in [2.05, 4.69) is 15.9 Å². The fraction of sp³-hybridized carbons (Fsp3) is 0.143. The minimum Gasteiger partial charge on any atom is -0.320 e. The van der Waals surface area contributed by atoms with Gasteiger partial charge < -0.3 is 5.73 Å². The Morgan fingerprint density at radius 1 is 1.11 bits per heavy atom. The molecule has 0 aliphatic carbocycles. The maximum Gasteiger partial charge on any atom is 0.148 e. The monoisotopic (exact) mass is 345 g/mol. The third kappa shape index (κ3) is 2.66. The first kappa shape index (κ1) is 14.4. The number of nitrogens with two attached hydrogens (primary N) is 1. The third-order valence-corrected chi connectivity index (χ3v) is 4.22. The predicted octanol–water partition coefficient (Wildman–Crippen LogP) is 4.74. The van der Waals surface area contributed by atoms with Crippen molar-refractivity contribution in [1.29, 1.82) is 0 Å². The summed E-state index contributed by atoms with van der Waals surface area (Å²) in [5.41, 5.74) is 6.83. The lowest BCUT2D eigenvalue weighted by Crippen LogP contribution is -2.16. The fourth-order valence-corrected chi connectivity index (χ4v) is 2.34. The average molecular weight is 347 g/mol. The molecule has 1 unspecified atom stereocenters. The first-order chi connectivity index (χ1) is 8.93. The third-order valence-electron chi connectivity index (χ3n) is 2.96. The Hall–Kier alpha value is -0.970. The second-order valence-electron chi connectivity index (χ2n) is 4.22. The van der Waals surface area contributed by atoms with E-state index in [-0.39, 0.29) is 16.1 Å². The maximum absolute atomic E-state index is 14.1. The maximum atomic E-state index is 14.1. The summed E-state index contributed by atoms with van der Waals surface area (Å²) in [6, 6.07) is 7.06. The fourth-order valence-electron chi connectivity index (χ4n) is 1.86. The van der Waals surface area contributed by atoms with Gasteiger partial charge in [-0.3, -0.25) is 0 Å². The lowest BCUT2D eigenvalue weighted by atomic mass is 9.97. The molecule has 0 spiro atoms. The minimum absolute atomic E-state index is 0.0546. The Labute approximate surface area is 123 Å². The van der Waals surface area contributed by atoms with Gasteiger partial charge in [-0.15, -0.1) is 0 Å². The predicted molar refractivity (Wildman–Crippen MR) is 76.3 cm³/mol. The highest BCUT2D eigenvalue weighted by molar-refractivity contribution is 9.10. The summed E-state index contributed by atoms with van der Waals surface area (Å²) in [6.07, 6.45) is 0. The molecule has 0 bridgehead atoms. The second-order valence-corrected chi connectivity index (χ2v) is 5.45. The van der Waals surface area contributed by atoms with Crippen LogP contribution in [0.1, 0.15) is 22.7 Å². The van der Waals surface area contributed by atoms with Crippen LogP contribution in [-0.4, -0.2) is 0 Å². The molecule has 5 heteroatoms. The molecule has 2 aromatic carbocycles. The number of benzene rings is 2. The van der Waals surface area contributed by atoms with Crippen molar-refractivity contribution in [1.82, 2.24) is 0 Å². The zero-order chi connectivity index (χ0) is 14.2. The molecule has 0 heterocycles. The van der Waals surface area contributed by atoms with Gasteiger partial charge in [0, 0.05) is 15.6 Å². The molecule has 0 saturated carbocycles. The van der Waals surface area contributed by atoms with E-state index in [1.165, 1.54) is 6.07 Å². The zero-order valence-electron chi connectivity index (χ0n) is 10.1. The molecule has 0 aliphatic rings. The topological polar surface area (TPSA) is 26.0 Å². The first-order valence-corrected chi connectivity index (χ1v) is 6.74. The van der Waals surface area contributed by atoms with Crippen LogP contribution in [0.15, 0.2) is 34.8 Å². The van der Waals surface area contributed by atoms with Gasteiger partial charge in [0.05, 0.1) is 11.1 Å². The van der Waals surface area contributed by atoms with Crippen molar-refractivity contribution in [3.05, 3.63) is 68.2 Å². The molecule has 1 atom stereocenters. The van der Waals surface area contributed by atoms with Crippen molar-refractivity contribution in [2.24, 2.45) is 5.73 Å². The Morgan fingerprint density at radius 2 is 1.74 bits per heavy atom. The van der Waals surface area contributed by atoms with Gasteiger partial charge in [0.25, 0.3) is 0 Å². The van der Waals surface area contributed by atoms with E-state index in [0.29, 0.717) is 10.0 Å². The number of aryl methyl sites for hydroxylation is 1. The molecule has 0 saturated heterocycles. The van der Waals surface area contributed by atoms with Crippen LogP contribution in [0.5, 0.6) is 0 Å². The molecule has 2 N–H and O–H groups in total. The van der Waals surface area contributed by atoms with E-state index in [4.69, 9.17) is 17.3 Å². The molecule has 0 fully saturated rings. The lowest BCUT2D eigenvalue weighted by Gasteiger charge is -2.16. The van der Waals surface area contributed by atoms with Gasteiger partial charge in [-0.25, -0.2) is 8.78 Å². The molecule has 19 heavy (non-hydrogen) atoms. The molecule has 100 valence electrons. The minimum atomic E-state index is -0.898. The van der Waals surface area contributed by atoms with Crippen LogP contribution >= 0.6 is 27.5 Å². The van der Waals surface area contributed by atoms with Gasteiger partial charge >= 0.3 is 0 Å². The van der Waals surface area contributed by atoms with E-state index >= 15 is 0 Å². The van der Waals surface area contributed by atoms with Crippen LogP contribution in [0.3, 0.4) is 0 Å². The van der Waals surface area contributed by atoms with Crippen molar-refractivity contribution >= 4 is 27.5 Å². The second kappa shape index (κ2) is 5.57. The molecule has 2 rings (SSSR count). The SMILES string of the molecule is Cc1cccc(C(N)c2ccc(Br)c(Cl)c2F)c1F. The normalized spacial score (nSPS) is 12.5. The van der Waals surface area contributed by atoms with Crippen molar-refractivity contribution < 1.29 is 8.78 Å². The van der Waals surface area contributed by atoms with Crippen molar-refractivity contribution in [2.45, 2.75) is 13.0 Å². The molecule has 2 aromatic rings. The van der Waals surface area contributed by atoms with Crippen LogP contribution < -0.4 is 5.73 Å². The van der Waals surface area contributed by atoms with E-state index < -0.39 is 17.7 Å². The molecule has 0 amide bonds. The summed E-state index contributed by atoms with van der Waals surface area (Å²) in [5, 5.41) is -0.0546. The number of halogens is 4. The van der Waals surface area contributed by atoms with Gasteiger partial charge in [0.15, 0.2) is 0 Å². The van der Waals surface area contributed by atoms with Gasteiger partial charge in [-0.05, 0) is 34.5 Å². The highest BCUT2D eigenvalue weighted by Crippen LogP contribution is 2.32. The Morgan fingerprint density at radius 3 is 2.42 bits per heavy atom. The Kier molecular flexibility index (Phi) is 4.23. The molecular formula is C14H11BrClF2N. The molecule has 0 radical (unpaired) electrons. The summed E-state index contributed by atoms with van der Waals surface area (Å²) < 4.78 is 28.5. The van der Waals surface area contributed by atoms with E-state index in [0.717, 1.165) is 0 Å². The smallest absolute Gasteiger partial charge is 0.148 e. The van der Waals surface area contributed by atoms with E-state index in [9.17, 15) is 8.78 Å². The summed E-state index contributed by atoms with van der Waals surface area (Å²) in [4.78, 5) is 0. The summed E-state index contributed by atoms with van der Waals surface area (Å²) in [6.45, 7) is 1.64. The summed E-state index contributed by atoms with van der Waals surface area (Å²) in [5.74, 6) is -1.06.